The molecule has 0 saturated carbocycles. The molecule has 2 aliphatic heterocycles. The number of hydrogen-bond acceptors (Lipinski definition) is 6. The maximum absolute atomic E-state index is 14.1. The van der Waals surface area contributed by atoms with Crippen molar-refractivity contribution in [1.29, 1.82) is 0 Å². The van der Waals surface area contributed by atoms with Crippen molar-refractivity contribution in [3.63, 3.8) is 0 Å². The van der Waals surface area contributed by atoms with Gasteiger partial charge < -0.3 is 24.4 Å². The number of likely N-dealkylation sites (tertiary alicyclic amines) is 2. The predicted molar refractivity (Wildman–Crippen MR) is 166 cm³/mol. The Hall–Kier alpha value is -2.05. The molecule has 1 aliphatic carbocycles. The van der Waals surface area contributed by atoms with E-state index >= 15 is 0 Å². The number of nitrogens with zero attached hydrogens (tertiary/aromatic N) is 2. The van der Waals surface area contributed by atoms with Gasteiger partial charge in [-0.3, -0.25) is 4.79 Å². The third kappa shape index (κ3) is 6.64. The lowest BCUT2D eigenvalue weighted by Gasteiger charge is -2.43. The highest BCUT2D eigenvalue weighted by Gasteiger charge is 2.57. The fourth-order valence-electron chi connectivity index (χ4n) is 6.51. The van der Waals surface area contributed by atoms with E-state index in [4.69, 9.17) is 9.47 Å². The highest BCUT2D eigenvalue weighted by molar-refractivity contribution is 5.88. The molecule has 2 fully saturated rings. The summed E-state index contributed by atoms with van der Waals surface area (Å²) in [7, 11) is 4.31. The topological polar surface area (TPSA) is 62.2 Å². The fourth-order valence-corrected chi connectivity index (χ4v) is 6.51. The highest BCUT2D eigenvalue weighted by Crippen LogP contribution is 2.52. The normalized spacial score (nSPS) is 28.6. The lowest BCUT2D eigenvalue weighted by Crippen LogP contribution is -2.50. The molecule has 3 atom stereocenters. The zero-order chi connectivity index (χ0) is 30.8. The van der Waals surface area contributed by atoms with Crippen LogP contribution in [0, 0.1) is 5.41 Å². The molecule has 6 nitrogen and oxygen atoms in total. The zero-order valence-electron chi connectivity index (χ0n) is 27.9. The summed E-state index contributed by atoms with van der Waals surface area (Å²) in [6.07, 6.45) is 5.93. The van der Waals surface area contributed by atoms with E-state index < -0.39 is 5.41 Å². The summed E-state index contributed by atoms with van der Waals surface area (Å²) >= 11 is 0. The molecule has 0 aromatic heterocycles. The van der Waals surface area contributed by atoms with E-state index in [0.717, 1.165) is 61.2 Å². The van der Waals surface area contributed by atoms with Gasteiger partial charge in [0.15, 0.2) is 5.41 Å². The van der Waals surface area contributed by atoms with Crippen molar-refractivity contribution in [2.75, 3.05) is 27.2 Å². The summed E-state index contributed by atoms with van der Waals surface area (Å²) < 4.78 is 13.0. The van der Waals surface area contributed by atoms with E-state index in [9.17, 15) is 9.90 Å². The number of aromatic hydroxyl groups is 1. The summed E-state index contributed by atoms with van der Waals surface area (Å²) in [6.45, 7) is 23.5. The van der Waals surface area contributed by atoms with Crippen LogP contribution in [-0.2, 0) is 31.5 Å². The zero-order valence-corrected chi connectivity index (χ0v) is 27.9. The Morgan fingerprint density at radius 2 is 1.34 bits per heavy atom. The molecule has 0 bridgehead atoms. The van der Waals surface area contributed by atoms with Crippen molar-refractivity contribution >= 4 is 5.97 Å². The van der Waals surface area contributed by atoms with Crippen molar-refractivity contribution in [3.05, 3.63) is 40.7 Å². The lowest BCUT2D eigenvalue weighted by atomic mass is 9.77. The Bertz CT molecular complexity index is 1150. The van der Waals surface area contributed by atoms with E-state index in [2.05, 4.69) is 105 Å². The molecule has 2 saturated heterocycles. The number of ether oxygens (including phenoxy) is 2. The second-order valence-electron chi connectivity index (χ2n) is 16.4. The SMILES string of the molecule is CN1CCC(OC(=O)C2(Cc3cc(C(C)(C)C)c(O)c(C(C)(C)C)c3)C=C2OC2CCN(C)C(C)(C)C2)CC1(C)C. The van der Waals surface area contributed by atoms with Gasteiger partial charge in [-0.1, -0.05) is 53.7 Å². The first kappa shape index (κ1) is 31.9. The standard InChI is InChI=1S/C35H56N2O4/c1-31(2,3)26-17-23(18-27(29(26)38)32(4,5)6)19-35(30(39)41-25-14-16-37(12)34(9,10)21-25)22-28(35)40-24-13-15-36(11)33(7,8)20-24/h17-18,22,24-25,38H,13-16,19-21H2,1-12H3. The third-order valence-corrected chi connectivity index (χ3v) is 10.0. The smallest absolute Gasteiger partial charge is 0.324 e. The van der Waals surface area contributed by atoms with Crippen LogP contribution in [0.5, 0.6) is 5.75 Å². The van der Waals surface area contributed by atoms with Crippen molar-refractivity contribution in [3.8, 4) is 5.75 Å². The van der Waals surface area contributed by atoms with E-state index in [0.29, 0.717) is 12.2 Å². The van der Waals surface area contributed by atoms with Crippen LogP contribution in [0.3, 0.4) is 0 Å². The van der Waals surface area contributed by atoms with Crippen molar-refractivity contribution in [2.45, 2.75) is 135 Å². The van der Waals surface area contributed by atoms with Crippen molar-refractivity contribution in [2.24, 2.45) is 5.41 Å². The Morgan fingerprint density at radius 3 is 1.80 bits per heavy atom. The second kappa shape index (κ2) is 10.6. The Kier molecular flexibility index (Phi) is 8.23. The molecule has 1 N–H and O–H groups in total. The monoisotopic (exact) mass is 568 g/mol. The molecule has 3 aliphatic rings. The molecule has 0 radical (unpaired) electrons. The average Bonchev–Trinajstić information content (AvgIpc) is 3.50. The Balaban J connectivity index is 1.65. The summed E-state index contributed by atoms with van der Waals surface area (Å²) in [4.78, 5) is 18.9. The molecule has 1 aromatic rings. The summed E-state index contributed by atoms with van der Waals surface area (Å²) in [5.74, 6) is 0.906. The number of phenolic OH excluding ortho intramolecular Hbond substituents is 1. The van der Waals surface area contributed by atoms with Crippen molar-refractivity contribution < 1.29 is 19.4 Å². The van der Waals surface area contributed by atoms with Gasteiger partial charge in [-0.05, 0) is 94.6 Å². The average molecular weight is 569 g/mol. The fraction of sp³-hybridized carbons (Fsp3) is 0.743. The third-order valence-electron chi connectivity index (χ3n) is 10.0. The van der Waals surface area contributed by atoms with Crippen LogP contribution in [0.2, 0.25) is 0 Å². The van der Waals surface area contributed by atoms with Crippen LogP contribution < -0.4 is 0 Å². The van der Waals surface area contributed by atoms with Crippen LogP contribution in [0.4, 0.5) is 0 Å². The molecule has 4 rings (SSSR count). The summed E-state index contributed by atoms with van der Waals surface area (Å²) in [6, 6.07) is 4.17. The molecule has 3 unspecified atom stereocenters. The van der Waals surface area contributed by atoms with Crippen LogP contribution >= 0.6 is 0 Å². The van der Waals surface area contributed by atoms with Gasteiger partial charge in [0.1, 0.15) is 23.7 Å². The molecular weight excluding hydrogens is 512 g/mol. The maximum atomic E-state index is 14.1. The van der Waals surface area contributed by atoms with Crippen molar-refractivity contribution in [1.82, 2.24) is 9.80 Å². The highest BCUT2D eigenvalue weighted by atomic mass is 16.6. The Morgan fingerprint density at radius 1 is 0.878 bits per heavy atom. The first-order chi connectivity index (χ1) is 18.7. The molecular formula is C35H56N2O4. The maximum Gasteiger partial charge on any atom is 0.324 e. The van der Waals surface area contributed by atoms with E-state index in [1.807, 2.05) is 6.08 Å². The molecule has 0 spiro atoms. The summed E-state index contributed by atoms with van der Waals surface area (Å²) in [5.41, 5.74) is 1.46. The number of carbonyl (C=O) groups excluding carboxylic acids is 1. The molecule has 2 heterocycles. The number of piperidine rings is 2. The predicted octanol–water partition coefficient (Wildman–Crippen LogP) is 6.72. The van der Waals surface area contributed by atoms with Gasteiger partial charge in [0, 0.05) is 37.0 Å². The van der Waals surface area contributed by atoms with Gasteiger partial charge in [0.2, 0.25) is 0 Å². The van der Waals surface area contributed by atoms with Crippen LogP contribution in [0.25, 0.3) is 0 Å². The molecule has 41 heavy (non-hydrogen) atoms. The number of esters is 1. The quantitative estimate of drug-likeness (QED) is 0.385. The summed E-state index contributed by atoms with van der Waals surface area (Å²) in [5, 5.41) is 11.3. The van der Waals surface area contributed by atoms with Gasteiger partial charge in [-0.25, -0.2) is 0 Å². The second-order valence-corrected chi connectivity index (χ2v) is 16.4. The van der Waals surface area contributed by atoms with Crippen LogP contribution in [-0.4, -0.2) is 71.3 Å². The number of phenols is 1. The van der Waals surface area contributed by atoms with Gasteiger partial charge in [-0.2, -0.15) is 0 Å². The van der Waals surface area contributed by atoms with E-state index in [1.54, 1.807) is 0 Å². The molecule has 6 heteroatoms. The minimum absolute atomic E-state index is 0.0213. The largest absolute Gasteiger partial charge is 0.507 e. The van der Waals surface area contributed by atoms with E-state index in [1.165, 1.54) is 0 Å². The molecule has 0 amide bonds. The minimum Gasteiger partial charge on any atom is -0.507 e. The van der Waals surface area contributed by atoms with E-state index in [-0.39, 0.29) is 40.1 Å². The first-order valence-corrected chi connectivity index (χ1v) is 15.6. The molecule has 1 aromatic carbocycles. The number of hydrogen-bond donors (Lipinski definition) is 1. The number of rotatable bonds is 6. The Labute approximate surface area is 249 Å². The van der Waals surface area contributed by atoms with Crippen LogP contribution in [0.15, 0.2) is 24.0 Å². The minimum atomic E-state index is -0.901. The van der Waals surface area contributed by atoms with Gasteiger partial charge >= 0.3 is 5.97 Å². The number of benzene rings is 1. The van der Waals surface area contributed by atoms with Crippen LogP contribution in [0.1, 0.15) is 112 Å². The molecule has 230 valence electrons. The first-order valence-electron chi connectivity index (χ1n) is 15.6. The number of carbonyl (C=O) groups is 1. The van der Waals surface area contributed by atoms with Gasteiger partial charge in [-0.15, -0.1) is 0 Å². The van der Waals surface area contributed by atoms with Gasteiger partial charge in [0.05, 0.1) is 0 Å². The van der Waals surface area contributed by atoms with Gasteiger partial charge in [0.25, 0.3) is 0 Å². The lowest BCUT2D eigenvalue weighted by molar-refractivity contribution is -0.160.